The molecular weight excluding hydrogens is 257 g/mol. The summed E-state index contributed by atoms with van der Waals surface area (Å²) >= 11 is 11.5. The number of sulfonamides is 1. The van der Waals surface area contributed by atoms with Gasteiger partial charge in [-0.3, -0.25) is 4.72 Å². The van der Waals surface area contributed by atoms with Crippen LogP contribution in [0.1, 0.15) is 13.3 Å². The lowest BCUT2D eigenvalue weighted by Crippen LogP contribution is -2.15. The molecule has 0 aliphatic heterocycles. The first kappa shape index (κ1) is 12.6. The Balaban J connectivity index is 2.86. The third-order valence-corrected chi connectivity index (χ3v) is 3.90. The zero-order valence-electron chi connectivity index (χ0n) is 8.13. The van der Waals surface area contributed by atoms with Crippen LogP contribution in [0.25, 0.3) is 0 Å². The van der Waals surface area contributed by atoms with Crippen LogP contribution in [-0.4, -0.2) is 14.2 Å². The average Bonchev–Trinajstić information content (AvgIpc) is 2.10. The van der Waals surface area contributed by atoms with Gasteiger partial charge >= 0.3 is 0 Å². The lowest BCUT2D eigenvalue weighted by atomic mass is 10.3. The van der Waals surface area contributed by atoms with Crippen molar-refractivity contribution in [3.8, 4) is 0 Å². The molecule has 0 spiro atoms. The Hall–Kier alpha value is -0.450. The van der Waals surface area contributed by atoms with Crippen molar-refractivity contribution in [1.82, 2.24) is 0 Å². The molecule has 0 saturated carbocycles. The molecule has 1 aromatic carbocycles. The summed E-state index contributed by atoms with van der Waals surface area (Å²) in [6.07, 6.45) is 0.566. The second-order valence-electron chi connectivity index (χ2n) is 3.05. The van der Waals surface area contributed by atoms with Crippen LogP contribution in [0.4, 0.5) is 5.69 Å². The molecule has 84 valence electrons. The summed E-state index contributed by atoms with van der Waals surface area (Å²) in [5.74, 6) is 0.0905. The predicted molar refractivity (Wildman–Crippen MR) is 64.2 cm³/mol. The second kappa shape index (κ2) is 5.05. The Morgan fingerprint density at radius 3 is 2.47 bits per heavy atom. The van der Waals surface area contributed by atoms with E-state index in [1.165, 1.54) is 6.07 Å². The van der Waals surface area contributed by atoms with E-state index in [1.54, 1.807) is 19.1 Å². The Morgan fingerprint density at radius 1 is 1.27 bits per heavy atom. The van der Waals surface area contributed by atoms with Crippen molar-refractivity contribution in [2.75, 3.05) is 10.5 Å². The topological polar surface area (TPSA) is 46.2 Å². The fourth-order valence-electron chi connectivity index (χ4n) is 1.06. The summed E-state index contributed by atoms with van der Waals surface area (Å²) in [6, 6.07) is 4.60. The van der Waals surface area contributed by atoms with Crippen LogP contribution in [0.2, 0.25) is 10.0 Å². The lowest BCUT2D eigenvalue weighted by Gasteiger charge is -2.07. The second-order valence-corrected chi connectivity index (χ2v) is 5.71. The minimum Gasteiger partial charge on any atom is -0.284 e. The van der Waals surface area contributed by atoms with Gasteiger partial charge in [0.1, 0.15) is 0 Å². The van der Waals surface area contributed by atoms with Gasteiger partial charge < -0.3 is 0 Å². The van der Waals surface area contributed by atoms with Gasteiger partial charge in [-0.1, -0.05) is 30.1 Å². The summed E-state index contributed by atoms with van der Waals surface area (Å²) in [7, 11) is -3.27. The van der Waals surface area contributed by atoms with Crippen LogP contribution in [-0.2, 0) is 10.0 Å². The molecular formula is C9H11Cl2NO2S. The highest BCUT2D eigenvalue weighted by molar-refractivity contribution is 7.92. The van der Waals surface area contributed by atoms with E-state index in [4.69, 9.17) is 23.2 Å². The number of benzene rings is 1. The maximum atomic E-state index is 11.4. The summed E-state index contributed by atoms with van der Waals surface area (Å²) in [5, 5.41) is 0.725. The largest absolute Gasteiger partial charge is 0.284 e. The molecule has 0 heterocycles. The van der Waals surface area contributed by atoms with Crippen LogP contribution in [0.3, 0.4) is 0 Å². The van der Waals surface area contributed by atoms with Crippen LogP contribution < -0.4 is 4.72 Å². The van der Waals surface area contributed by atoms with Crippen molar-refractivity contribution >= 4 is 38.9 Å². The average molecular weight is 268 g/mol. The molecule has 0 radical (unpaired) electrons. The Bertz CT molecular complexity index is 445. The van der Waals surface area contributed by atoms with Crippen LogP contribution in [0.5, 0.6) is 0 Å². The highest BCUT2D eigenvalue weighted by atomic mass is 35.5. The first-order valence-corrected chi connectivity index (χ1v) is 6.81. The Morgan fingerprint density at radius 2 is 1.93 bits per heavy atom. The Labute approximate surface area is 99.4 Å². The molecule has 1 aromatic rings. The van der Waals surface area contributed by atoms with Crippen molar-refractivity contribution in [3.05, 3.63) is 28.2 Å². The van der Waals surface area contributed by atoms with E-state index in [0.717, 1.165) is 0 Å². The zero-order chi connectivity index (χ0) is 11.5. The number of hydrogen-bond donors (Lipinski definition) is 1. The number of anilines is 1. The van der Waals surface area contributed by atoms with Gasteiger partial charge in [0.2, 0.25) is 10.0 Å². The summed E-state index contributed by atoms with van der Waals surface area (Å²) in [4.78, 5) is 0. The van der Waals surface area contributed by atoms with E-state index >= 15 is 0 Å². The van der Waals surface area contributed by atoms with Gasteiger partial charge in [0.05, 0.1) is 21.5 Å². The highest BCUT2D eigenvalue weighted by Gasteiger charge is 2.09. The van der Waals surface area contributed by atoms with Gasteiger partial charge in [0.25, 0.3) is 0 Å². The van der Waals surface area contributed by atoms with Crippen molar-refractivity contribution in [1.29, 1.82) is 0 Å². The summed E-state index contributed by atoms with van der Waals surface area (Å²) < 4.78 is 25.2. The molecule has 0 aliphatic carbocycles. The van der Waals surface area contributed by atoms with Crippen molar-refractivity contribution in [2.24, 2.45) is 0 Å². The van der Waals surface area contributed by atoms with E-state index in [-0.39, 0.29) is 5.75 Å². The molecule has 0 unspecified atom stereocenters. The van der Waals surface area contributed by atoms with Gasteiger partial charge in [-0.15, -0.1) is 0 Å². The third-order valence-electron chi connectivity index (χ3n) is 1.67. The zero-order valence-corrected chi connectivity index (χ0v) is 10.5. The van der Waals surface area contributed by atoms with Crippen molar-refractivity contribution in [2.45, 2.75) is 13.3 Å². The summed E-state index contributed by atoms with van der Waals surface area (Å²) in [6.45, 7) is 1.80. The van der Waals surface area contributed by atoms with Crippen molar-refractivity contribution < 1.29 is 8.42 Å². The molecule has 1 N–H and O–H groups in total. The molecule has 6 heteroatoms. The van der Waals surface area contributed by atoms with E-state index in [1.807, 2.05) is 0 Å². The fraction of sp³-hybridized carbons (Fsp3) is 0.333. The molecule has 0 amide bonds. The minimum absolute atomic E-state index is 0.0905. The van der Waals surface area contributed by atoms with Gasteiger partial charge in [-0.25, -0.2) is 8.42 Å². The summed E-state index contributed by atoms with van der Waals surface area (Å²) in [5.41, 5.74) is 0.429. The Kier molecular flexibility index (Phi) is 4.25. The van der Waals surface area contributed by atoms with Crippen LogP contribution in [0.15, 0.2) is 18.2 Å². The standard InChI is InChI=1S/C9H11Cl2NO2S/c1-2-5-15(13,14)12-7-3-4-8(10)9(11)6-7/h3-4,6,12H,2,5H2,1H3. The molecule has 0 aromatic heterocycles. The van der Waals surface area contributed by atoms with Gasteiger partial charge in [-0.05, 0) is 24.6 Å². The highest BCUT2D eigenvalue weighted by Crippen LogP contribution is 2.25. The molecule has 0 aliphatic rings. The van der Waals surface area contributed by atoms with E-state index in [2.05, 4.69) is 4.72 Å². The van der Waals surface area contributed by atoms with E-state index in [0.29, 0.717) is 22.2 Å². The maximum Gasteiger partial charge on any atom is 0.232 e. The molecule has 3 nitrogen and oxygen atoms in total. The third kappa shape index (κ3) is 3.89. The quantitative estimate of drug-likeness (QED) is 0.911. The van der Waals surface area contributed by atoms with E-state index in [9.17, 15) is 8.42 Å². The fourth-order valence-corrected chi connectivity index (χ4v) is 2.48. The smallest absolute Gasteiger partial charge is 0.232 e. The van der Waals surface area contributed by atoms with Crippen LogP contribution >= 0.6 is 23.2 Å². The number of rotatable bonds is 4. The number of nitrogens with one attached hydrogen (secondary N) is 1. The monoisotopic (exact) mass is 267 g/mol. The number of halogens is 2. The van der Waals surface area contributed by atoms with Gasteiger partial charge in [-0.2, -0.15) is 0 Å². The van der Waals surface area contributed by atoms with E-state index < -0.39 is 10.0 Å². The minimum atomic E-state index is -3.27. The molecule has 0 saturated heterocycles. The van der Waals surface area contributed by atoms with Crippen LogP contribution in [0, 0.1) is 0 Å². The molecule has 1 rings (SSSR count). The first-order chi connectivity index (χ1) is 6.94. The van der Waals surface area contributed by atoms with Gasteiger partial charge in [0, 0.05) is 0 Å². The first-order valence-electron chi connectivity index (χ1n) is 4.40. The SMILES string of the molecule is CCCS(=O)(=O)Nc1ccc(Cl)c(Cl)c1. The predicted octanol–water partition coefficient (Wildman–Crippen LogP) is 3.15. The molecule has 0 atom stereocenters. The molecule has 0 fully saturated rings. The van der Waals surface area contributed by atoms with Gasteiger partial charge in [0.15, 0.2) is 0 Å². The lowest BCUT2D eigenvalue weighted by molar-refractivity contribution is 0.600. The van der Waals surface area contributed by atoms with Crippen molar-refractivity contribution in [3.63, 3.8) is 0 Å². The maximum absolute atomic E-state index is 11.4. The molecule has 15 heavy (non-hydrogen) atoms. The number of hydrogen-bond acceptors (Lipinski definition) is 2. The molecule has 0 bridgehead atoms. The normalized spacial score (nSPS) is 11.4.